The highest BCUT2D eigenvalue weighted by molar-refractivity contribution is 6.24. The maximum atomic E-state index is 13.8. The Morgan fingerprint density at radius 3 is 2.51 bits per heavy atom. The second kappa shape index (κ2) is 9.87. The van der Waals surface area contributed by atoms with Gasteiger partial charge in [0.2, 0.25) is 11.8 Å². The van der Waals surface area contributed by atoms with E-state index in [9.17, 15) is 19.2 Å². The van der Waals surface area contributed by atoms with Crippen molar-refractivity contribution in [3.05, 3.63) is 89.2 Å². The van der Waals surface area contributed by atoms with Crippen molar-refractivity contribution in [2.45, 2.75) is 5.92 Å². The van der Waals surface area contributed by atoms with E-state index in [1.165, 1.54) is 17.0 Å². The molecule has 1 unspecified atom stereocenters. The lowest BCUT2D eigenvalue weighted by molar-refractivity contribution is -0.119. The van der Waals surface area contributed by atoms with Crippen molar-refractivity contribution in [1.29, 1.82) is 5.26 Å². The third-order valence-electron chi connectivity index (χ3n) is 5.73. The third-order valence-corrected chi connectivity index (χ3v) is 5.73. The number of nitrogens with zero attached hydrogens (tertiary/aromatic N) is 4. The van der Waals surface area contributed by atoms with Gasteiger partial charge in [-0.25, -0.2) is 4.39 Å². The molecule has 0 radical (unpaired) electrons. The molecular formula is C27H24FN5O2. The second-order valence-corrected chi connectivity index (χ2v) is 8.52. The first kappa shape index (κ1) is 23.8. The summed E-state index contributed by atoms with van der Waals surface area (Å²) in [7, 11) is 5.22. The fourth-order valence-corrected chi connectivity index (χ4v) is 4.04. The van der Waals surface area contributed by atoms with Crippen molar-refractivity contribution >= 4 is 34.6 Å². The molecule has 0 bridgehead atoms. The average molecular weight is 470 g/mol. The molecule has 0 saturated carbocycles. The topological polar surface area (TPSA) is 88.8 Å². The van der Waals surface area contributed by atoms with Gasteiger partial charge >= 0.3 is 0 Å². The maximum Gasteiger partial charge on any atom is 0.240 e. The van der Waals surface area contributed by atoms with Crippen molar-refractivity contribution in [2.75, 3.05) is 37.9 Å². The first-order valence-electron chi connectivity index (χ1n) is 11.0. The lowest BCUT2D eigenvalue weighted by Crippen LogP contribution is -2.35. The highest BCUT2D eigenvalue weighted by atomic mass is 19.1. The fourth-order valence-electron chi connectivity index (χ4n) is 4.04. The SMILES string of the molecule is CN(C)CC(=O)N(C)c1ccc(N=C(c2ccccc2)C2C(=O)Nc3cc(F)ccc32)cc1C#N. The molecule has 0 saturated heterocycles. The van der Waals surface area contributed by atoms with E-state index in [-0.39, 0.29) is 23.9 Å². The Bertz CT molecular complexity index is 1360. The van der Waals surface area contributed by atoms with E-state index >= 15 is 0 Å². The first-order valence-corrected chi connectivity index (χ1v) is 11.0. The number of rotatable bonds is 6. The number of aliphatic imine (C=N–C) groups is 1. The van der Waals surface area contributed by atoms with Crippen molar-refractivity contribution in [2.24, 2.45) is 4.99 Å². The van der Waals surface area contributed by atoms with Crippen molar-refractivity contribution in [3.8, 4) is 6.07 Å². The van der Waals surface area contributed by atoms with Gasteiger partial charge in [-0.1, -0.05) is 36.4 Å². The summed E-state index contributed by atoms with van der Waals surface area (Å²) in [4.78, 5) is 33.4. The van der Waals surface area contributed by atoms with Gasteiger partial charge in [0, 0.05) is 12.7 Å². The zero-order valence-corrected chi connectivity index (χ0v) is 19.6. The van der Waals surface area contributed by atoms with Crippen LogP contribution in [-0.2, 0) is 9.59 Å². The summed E-state index contributed by atoms with van der Waals surface area (Å²) in [6.45, 7) is 0.205. The Morgan fingerprint density at radius 2 is 1.83 bits per heavy atom. The molecule has 7 nitrogen and oxygen atoms in total. The molecule has 8 heteroatoms. The van der Waals surface area contributed by atoms with Crippen LogP contribution in [0.4, 0.5) is 21.5 Å². The zero-order chi connectivity index (χ0) is 25.1. The number of halogens is 1. The number of benzene rings is 3. The van der Waals surface area contributed by atoms with Crippen LogP contribution in [0.1, 0.15) is 22.6 Å². The summed E-state index contributed by atoms with van der Waals surface area (Å²) in [5.74, 6) is -1.65. The van der Waals surface area contributed by atoms with Gasteiger partial charge in [0.15, 0.2) is 0 Å². The number of carbonyl (C=O) groups is 2. The minimum atomic E-state index is -0.748. The van der Waals surface area contributed by atoms with Gasteiger partial charge in [-0.15, -0.1) is 0 Å². The summed E-state index contributed by atoms with van der Waals surface area (Å²) >= 11 is 0. The molecular weight excluding hydrogens is 445 g/mol. The van der Waals surface area contributed by atoms with Gasteiger partial charge in [-0.2, -0.15) is 5.26 Å². The predicted molar refractivity (Wildman–Crippen MR) is 134 cm³/mol. The number of amides is 2. The highest BCUT2D eigenvalue weighted by Gasteiger charge is 2.35. The van der Waals surface area contributed by atoms with Gasteiger partial charge in [0.25, 0.3) is 0 Å². The molecule has 3 aromatic carbocycles. The van der Waals surface area contributed by atoms with Crippen LogP contribution in [0.25, 0.3) is 0 Å². The number of hydrogen-bond acceptors (Lipinski definition) is 5. The van der Waals surface area contributed by atoms with Crippen LogP contribution in [0.2, 0.25) is 0 Å². The van der Waals surface area contributed by atoms with Gasteiger partial charge < -0.3 is 15.1 Å². The number of fused-ring (bicyclic) bond motifs is 1. The van der Waals surface area contributed by atoms with Crippen LogP contribution < -0.4 is 10.2 Å². The van der Waals surface area contributed by atoms with Crippen LogP contribution in [0.5, 0.6) is 0 Å². The van der Waals surface area contributed by atoms with Gasteiger partial charge in [-0.05, 0) is 55.6 Å². The molecule has 0 fully saturated rings. The monoisotopic (exact) mass is 469 g/mol. The van der Waals surface area contributed by atoms with Gasteiger partial charge in [0.1, 0.15) is 17.8 Å². The Kier molecular flexibility index (Phi) is 6.71. The zero-order valence-electron chi connectivity index (χ0n) is 19.6. The number of nitrogens with one attached hydrogen (secondary N) is 1. The van der Waals surface area contributed by atoms with Crippen molar-refractivity contribution in [1.82, 2.24) is 4.90 Å². The Labute approximate surface area is 203 Å². The second-order valence-electron chi connectivity index (χ2n) is 8.52. The normalized spacial score (nSPS) is 14.9. The highest BCUT2D eigenvalue weighted by Crippen LogP contribution is 2.37. The third kappa shape index (κ3) is 4.95. The number of likely N-dealkylation sites (N-methyl/N-ethyl adjacent to an activating group) is 2. The summed E-state index contributed by atoms with van der Waals surface area (Å²) in [5, 5.41) is 12.5. The van der Waals surface area contributed by atoms with Crippen molar-refractivity contribution in [3.63, 3.8) is 0 Å². The van der Waals surface area contributed by atoms with E-state index in [0.717, 1.165) is 5.56 Å². The van der Waals surface area contributed by atoms with E-state index in [1.807, 2.05) is 30.3 Å². The molecule has 1 aliphatic heterocycles. The number of hydrogen-bond donors (Lipinski definition) is 1. The van der Waals surface area contributed by atoms with E-state index in [0.29, 0.717) is 28.3 Å². The van der Waals surface area contributed by atoms with Crippen molar-refractivity contribution < 1.29 is 14.0 Å². The lowest BCUT2D eigenvalue weighted by atomic mass is 9.90. The lowest BCUT2D eigenvalue weighted by Gasteiger charge is -2.21. The van der Waals surface area contributed by atoms with Crippen LogP contribution in [0.15, 0.2) is 71.7 Å². The molecule has 1 aliphatic rings. The molecule has 0 aromatic heterocycles. The summed E-state index contributed by atoms with van der Waals surface area (Å²) < 4.78 is 13.8. The molecule has 1 heterocycles. The smallest absolute Gasteiger partial charge is 0.240 e. The maximum absolute atomic E-state index is 13.8. The molecule has 35 heavy (non-hydrogen) atoms. The average Bonchev–Trinajstić information content (AvgIpc) is 3.16. The molecule has 1 N–H and O–H groups in total. The fraction of sp³-hybridized carbons (Fsp3) is 0.185. The van der Waals surface area contributed by atoms with Gasteiger partial charge in [-0.3, -0.25) is 14.6 Å². The summed E-state index contributed by atoms with van der Waals surface area (Å²) in [6.07, 6.45) is 0. The van der Waals surface area contributed by atoms with E-state index in [1.54, 1.807) is 50.3 Å². The molecule has 3 aromatic rings. The summed E-state index contributed by atoms with van der Waals surface area (Å²) in [5.41, 5.74) is 3.46. The minimum Gasteiger partial charge on any atom is -0.325 e. The Balaban J connectivity index is 1.79. The van der Waals surface area contributed by atoms with E-state index in [4.69, 9.17) is 4.99 Å². The first-order chi connectivity index (χ1) is 16.8. The molecule has 0 aliphatic carbocycles. The Hall–Kier alpha value is -4.35. The molecule has 176 valence electrons. The van der Waals surface area contributed by atoms with E-state index < -0.39 is 11.7 Å². The minimum absolute atomic E-state index is 0.154. The summed E-state index contributed by atoms with van der Waals surface area (Å²) in [6, 6.07) is 20.6. The van der Waals surface area contributed by atoms with Crippen LogP contribution in [-0.4, -0.2) is 50.1 Å². The predicted octanol–water partition coefficient (Wildman–Crippen LogP) is 4.08. The Morgan fingerprint density at radius 1 is 1.09 bits per heavy atom. The molecule has 1 atom stereocenters. The standard InChI is InChI=1S/C27H24FN5O2/c1-32(2)16-24(34)33(3)23-12-10-20(13-18(23)15-29)30-26(17-7-5-4-6-8-17)25-21-11-9-19(28)14-22(21)31-27(25)35/h4-14,25H,16H2,1-3H3,(H,31,35). The number of nitriles is 1. The molecule has 2 amide bonds. The van der Waals surface area contributed by atoms with E-state index in [2.05, 4.69) is 11.4 Å². The number of anilines is 2. The largest absolute Gasteiger partial charge is 0.325 e. The number of carbonyl (C=O) groups excluding carboxylic acids is 2. The van der Waals surface area contributed by atoms with Crippen LogP contribution in [0, 0.1) is 17.1 Å². The van der Waals surface area contributed by atoms with Crippen LogP contribution in [0.3, 0.4) is 0 Å². The molecule has 4 rings (SSSR count). The quantitative estimate of drug-likeness (QED) is 0.551. The van der Waals surface area contributed by atoms with Crippen LogP contribution >= 0.6 is 0 Å². The van der Waals surface area contributed by atoms with Gasteiger partial charge in [0.05, 0.1) is 29.2 Å². The molecule has 0 spiro atoms.